The molecular formula is C26H31NO5. The molecule has 0 aromatic heterocycles. The zero-order chi connectivity index (χ0) is 23.7. The summed E-state index contributed by atoms with van der Waals surface area (Å²) in [5, 5.41) is 2.96. The van der Waals surface area contributed by atoms with Crippen molar-refractivity contribution < 1.29 is 23.9 Å². The molecule has 0 spiro atoms. The number of hydrogen-bond acceptors (Lipinski definition) is 5. The summed E-state index contributed by atoms with van der Waals surface area (Å²) >= 11 is 0. The lowest BCUT2D eigenvalue weighted by molar-refractivity contribution is -0.162. The monoisotopic (exact) mass is 437 g/mol. The van der Waals surface area contributed by atoms with Crippen LogP contribution < -0.4 is 5.32 Å². The molecule has 6 heteroatoms. The molecule has 0 fully saturated rings. The number of fused-ring (bicyclic) bond motifs is 1. The maximum atomic E-state index is 12.8. The molecule has 0 bridgehead atoms. The zero-order valence-electron chi connectivity index (χ0n) is 19.6. The first-order chi connectivity index (χ1) is 14.9. The van der Waals surface area contributed by atoms with Gasteiger partial charge in [0.1, 0.15) is 0 Å². The average Bonchev–Trinajstić information content (AvgIpc) is 2.71. The van der Waals surface area contributed by atoms with Crippen molar-refractivity contribution >= 4 is 23.5 Å². The summed E-state index contributed by atoms with van der Waals surface area (Å²) in [5.74, 6) is -1.43. The number of carbonyl (C=O) groups is 3. The lowest BCUT2D eigenvalue weighted by atomic mass is 9.63. The number of anilines is 1. The van der Waals surface area contributed by atoms with Gasteiger partial charge in [-0.3, -0.25) is 9.59 Å². The first-order valence-corrected chi connectivity index (χ1v) is 10.8. The van der Waals surface area contributed by atoms with Crippen molar-refractivity contribution in [2.24, 2.45) is 0 Å². The zero-order valence-corrected chi connectivity index (χ0v) is 19.6. The lowest BCUT2D eigenvalue weighted by Crippen LogP contribution is -2.33. The number of rotatable bonds is 5. The quantitative estimate of drug-likeness (QED) is 0.503. The third kappa shape index (κ3) is 5.18. The Kier molecular flexibility index (Phi) is 6.44. The summed E-state index contributed by atoms with van der Waals surface area (Å²) in [5.41, 5.74) is 4.20. The van der Waals surface area contributed by atoms with Crippen LogP contribution in [0.5, 0.6) is 0 Å². The molecule has 1 atom stereocenters. The van der Waals surface area contributed by atoms with Crippen molar-refractivity contribution in [3.63, 3.8) is 0 Å². The van der Waals surface area contributed by atoms with Crippen molar-refractivity contribution in [2.75, 3.05) is 5.32 Å². The smallest absolute Gasteiger partial charge is 0.341 e. The van der Waals surface area contributed by atoms with E-state index < -0.39 is 18.2 Å². The molecule has 2 aromatic carbocycles. The van der Waals surface area contributed by atoms with Gasteiger partial charge >= 0.3 is 11.9 Å². The fourth-order valence-electron chi connectivity index (χ4n) is 4.10. The van der Waals surface area contributed by atoms with Gasteiger partial charge in [-0.25, -0.2) is 4.79 Å². The van der Waals surface area contributed by atoms with E-state index in [1.54, 1.807) is 12.1 Å². The highest BCUT2D eigenvalue weighted by Crippen LogP contribution is 2.46. The van der Waals surface area contributed by atoms with Crippen LogP contribution in [0.25, 0.3) is 0 Å². The van der Waals surface area contributed by atoms with E-state index in [1.807, 2.05) is 6.07 Å². The van der Waals surface area contributed by atoms with Crippen LogP contribution in [-0.2, 0) is 25.1 Å². The summed E-state index contributed by atoms with van der Waals surface area (Å²) in [6.45, 7) is 11.7. The lowest BCUT2D eigenvalue weighted by Gasteiger charge is -2.42. The van der Waals surface area contributed by atoms with Crippen LogP contribution in [0.1, 0.15) is 86.2 Å². The Labute approximate surface area is 189 Å². The minimum absolute atomic E-state index is 0.0524. The predicted octanol–water partition coefficient (Wildman–Crippen LogP) is 5.35. The molecule has 6 nitrogen and oxygen atoms in total. The molecule has 0 saturated heterocycles. The molecule has 1 unspecified atom stereocenters. The van der Waals surface area contributed by atoms with Gasteiger partial charge in [-0.05, 0) is 71.2 Å². The number of carbonyl (C=O) groups excluding carboxylic acids is 3. The highest BCUT2D eigenvalue weighted by atomic mass is 16.7. The molecule has 170 valence electrons. The maximum absolute atomic E-state index is 12.8. The molecule has 0 aliphatic heterocycles. The normalized spacial score (nSPS) is 16.9. The van der Waals surface area contributed by atoms with Crippen molar-refractivity contribution in [3.8, 4) is 0 Å². The minimum Gasteiger partial charge on any atom is -0.426 e. The molecule has 1 amide bonds. The molecule has 0 saturated carbocycles. The van der Waals surface area contributed by atoms with Crippen LogP contribution in [-0.4, -0.2) is 24.1 Å². The van der Waals surface area contributed by atoms with Crippen LogP contribution in [0.15, 0.2) is 42.5 Å². The van der Waals surface area contributed by atoms with E-state index in [1.165, 1.54) is 37.1 Å². The molecule has 1 N–H and O–H groups in total. The highest BCUT2D eigenvalue weighted by Gasteiger charge is 2.37. The Morgan fingerprint density at radius 3 is 2.00 bits per heavy atom. The van der Waals surface area contributed by atoms with E-state index in [0.29, 0.717) is 5.56 Å². The fraction of sp³-hybridized carbons (Fsp3) is 0.423. The van der Waals surface area contributed by atoms with E-state index >= 15 is 0 Å². The SMILES string of the molecule is CC(=O)OC(C)OC(=O)c1ccc(C(=O)Nc2ccc3c(c2)C(C)(C)CCC3(C)C)cc1. The van der Waals surface area contributed by atoms with Gasteiger partial charge < -0.3 is 14.8 Å². The van der Waals surface area contributed by atoms with E-state index in [-0.39, 0.29) is 22.3 Å². The summed E-state index contributed by atoms with van der Waals surface area (Å²) in [6.07, 6.45) is 1.24. The van der Waals surface area contributed by atoms with Gasteiger partial charge in [-0.1, -0.05) is 33.8 Å². The topological polar surface area (TPSA) is 81.7 Å². The van der Waals surface area contributed by atoms with Gasteiger partial charge in [0.2, 0.25) is 6.29 Å². The first-order valence-electron chi connectivity index (χ1n) is 10.8. The fourth-order valence-corrected chi connectivity index (χ4v) is 4.10. The van der Waals surface area contributed by atoms with Gasteiger partial charge in [-0.2, -0.15) is 0 Å². The van der Waals surface area contributed by atoms with Crippen LogP contribution in [0.4, 0.5) is 5.69 Å². The standard InChI is InChI=1S/C26H31NO5/c1-16(28)31-17(2)32-24(30)19-9-7-18(8-10-19)23(29)27-20-11-12-21-22(15-20)26(5,6)14-13-25(21,3)4/h7-12,15,17H,13-14H2,1-6H3,(H,27,29). The number of benzene rings is 2. The molecule has 2 aromatic rings. The van der Waals surface area contributed by atoms with Crippen LogP contribution in [0.3, 0.4) is 0 Å². The Bertz CT molecular complexity index is 1040. The number of hydrogen-bond donors (Lipinski definition) is 1. The number of ether oxygens (including phenoxy) is 2. The van der Waals surface area contributed by atoms with Gasteiger partial charge in [0.05, 0.1) is 5.56 Å². The first kappa shape index (κ1) is 23.5. The van der Waals surface area contributed by atoms with Crippen molar-refractivity contribution in [1.82, 2.24) is 0 Å². The number of amides is 1. The van der Waals surface area contributed by atoms with E-state index in [2.05, 4.69) is 45.1 Å². The number of esters is 2. The van der Waals surface area contributed by atoms with Crippen molar-refractivity contribution in [3.05, 3.63) is 64.7 Å². The second-order valence-corrected chi connectivity index (χ2v) is 9.64. The highest BCUT2D eigenvalue weighted by molar-refractivity contribution is 6.05. The molecule has 1 aliphatic carbocycles. The van der Waals surface area contributed by atoms with E-state index in [4.69, 9.17) is 9.47 Å². The third-order valence-electron chi connectivity index (χ3n) is 6.10. The van der Waals surface area contributed by atoms with Crippen molar-refractivity contribution in [2.45, 2.75) is 71.5 Å². The second kappa shape index (κ2) is 8.77. The van der Waals surface area contributed by atoms with Gasteiger partial charge in [-0.15, -0.1) is 0 Å². The van der Waals surface area contributed by atoms with Crippen molar-refractivity contribution in [1.29, 1.82) is 0 Å². The van der Waals surface area contributed by atoms with Gasteiger partial charge in [0, 0.05) is 25.1 Å². The molecule has 32 heavy (non-hydrogen) atoms. The summed E-state index contributed by atoms with van der Waals surface area (Å²) in [4.78, 5) is 35.8. The van der Waals surface area contributed by atoms with E-state index in [9.17, 15) is 14.4 Å². The minimum atomic E-state index is -0.985. The molecule has 3 rings (SSSR count). The predicted molar refractivity (Wildman–Crippen MR) is 123 cm³/mol. The van der Waals surface area contributed by atoms with Crippen LogP contribution in [0, 0.1) is 0 Å². The maximum Gasteiger partial charge on any atom is 0.341 e. The number of nitrogens with one attached hydrogen (secondary N) is 1. The molecular weight excluding hydrogens is 406 g/mol. The molecule has 1 aliphatic rings. The van der Waals surface area contributed by atoms with Crippen LogP contribution in [0.2, 0.25) is 0 Å². The Hall–Kier alpha value is -3.15. The second-order valence-electron chi connectivity index (χ2n) is 9.64. The Balaban J connectivity index is 1.72. The Morgan fingerprint density at radius 2 is 1.41 bits per heavy atom. The Morgan fingerprint density at radius 1 is 0.844 bits per heavy atom. The average molecular weight is 438 g/mol. The molecule has 0 radical (unpaired) electrons. The summed E-state index contributed by atoms with van der Waals surface area (Å²) in [7, 11) is 0. The van der Waals surface area contributed by atoms with Gasteiger partial charge in [0.25, 0.3) is 5.91 Å². The van der Waals surface area contributed by atoms with Gasteiger partial charge in [0.15, 0.2) is 0 Å². The summed E-state index contributed by atoms with van der Waals surface area (Å²) < 4.78 is 9.84. The van der Waals surface area contributed by atoms with Crippen LogP contribution >= 0.6 is 0 Å². The van der Waals surface area contributed by atoms with E-state index in [0.717, 1.165) is 18.5 Å². The molecule has 0 heterocycles. The summed E-state index contributed by atoms with van der Waals surface area (Å²) in [6, 6.07) is 12.3. The largest absolute Gasteiger partial charge is 0.426 e. The third-order valence-corrected chi connectivity index (χ3v) is 6.10.